The summed E-state index contributed by atoms with van der Waals surface area (Å²) >= 11 is 1.32. The quantitative estimate of drug-likeness (QED) is 0.649. The van der Waals surface area contributed by atoms with Crippen molar-refractivity contribution in [3.05, 3.63) is 52.5 Å². The van der Waals surface area contributed by atoms with Crippen LogP contribution in [0, 0.1) is 0 Å². The Morgan fingerprint density at radius 3 is 3.00 bits per heavy atom. The number of benzene rings is 1. The lowest BCUT2D eigenvalue weighted by Crippen LogP contribution is -2.39. The molecule has 28 heavy (non-hydrogen) atoms. The normalized spacial score (nSPS) is 16.9. The van der Waals surface area contributed by atoms with Crippen molar-refractivity contribution in [2.24, 2.45) is 5.73 Å². The van der Waals surface area contributed by atoms with Crippen LogP contribution in [0.5, 0.6) is 0 Å². The molecule has 1 unspecified atom stereocenters. The van der Waals surface area contributed by atoms with Gasteiger partial charge in [-0.15, -0.1) is 16.4 Å². The van der Waals surface area contributed by atoms with Crippen LogP contribution in [0.4, 0.5) is 5.69 Å². The molecule has 1 atom stereocenters. The van der Waals surface area contributed by atoms with E-state index >= 15 is 0 Å². The maximum atomic E-state index is 12.7. The first-order chi connectivity index (χ1) is 13.6. The number of hydrogen-bond donors (Lipinski definition) is 2. The number of carbonyl (C=O) groups excluding carboxylic acids is 2. The highest BCUT2D eigenvalue weighted by Crippen LogP contribution is 2.24. The standard InChI is InChI=1S/C18H19N7O2S/c19-17(26)15-5-2-7-24(15)10-12-3-1-4-13(9-12)21-18(27)16-14(6-8-28-16)25-11-20-22-23-25/h1,3-4,6,8-9,11,15H,2,5,7,10H2,(H2,19,26)(H,21,27). The van der Waals surface area contributed by atoms with E-state index in [4.69, 9.17) is 5.73 Å². The number of likely N-dealkylation sites (tertiary alicyclic amines) is 1. The highest BCUT2D eigenvalue weighted by Gasteiger charge is 2.28. The first-order valence-electron chi connectivity index (χ1n) is 8.86. The smallest absolute Gasteiger partial charge is 0.267 e. The number of anilines is 1. The van der Waals surface area contributed by atoms with Crippen molar-refractivity contribution in [1.82, 2.24) is 25.1 Å². The van der Waals surface area contributed by atoms with Crippen molar-refractivity contribution >= 4 is 28.8 Å². The molecule has 3 aromatic rings. The van der Waals surface area contributed by atoms with Crippen molar-refractivity contribution < 1.29 is 9.59 Å². The predicted octanol–water partition coefficient (Wildman–Crippen LogP) is 1.43. The van der Waals surface area contributed by atoms with Crippen molar-refractivity contribution in [3.63, 3.8) is 0 Å². The van der Waals surface area contributed by atoms with E-state index in [2.05, 4.69) is 25.7 Å². The highest BCUT2D eigenvalue weighted by atomic mass is 32.1. The van der Waals surface area contributed by atoms with Crippen LogP contribution in [-0.2, 0) is 11.3 Å². The molecule has 10 heteroatoms. The molecule has 0 aliphatic carbocycles. The van der Waals surface area contributed by atoms with Gasteiger partial charge in [0.15, 0.2) is 0 Å². The predicted molar refractivity (Wildman–Crippen MR) is 104 cm³/mol. The molecule has 1 aliphatic rings. The van der Waals surface area contributed by atoms with Crippen LogP contribution in [0.15, 0.2) is 42.0 Å². The zero-order chi connectivity index (χ0) is 19.5. The molecule has 2 aromatic heterocycles. The largest absolute Gasteiger partial charge is 0.368 e. The van der Waals surface area contributed by atoms with Crippen LogP contribution < -0.4 is 11.1 Å². The summed E-state index contributed by atoms with van der Waals surface area (Å²) in [5.41, 5.74) is 7.82. The highest BCUT2D eigenvalue weighted by molar-refractivity contribution is 7.12. The second-order valence-corrected chi connectivity index (χ2v) is 7.49. The number of carbonyl (C=O) groups is 2. The minimum absolute atomic E-state index is 0.219. The lowest BCUT2D eigenvalue weighted by Gasteiger charge is -2.22. The van der Waals surface area contributed by atoms with E-state index in [0.29, 0.717) is 22.8 Å². The Balaban J connectivity index is 1.48. The van der Waals surface area contributed by atoms with Gasteiger partial charge in [0, 0.05) is 12.2 Å². The van der Waals surface area contributed by atoms with Crippen molar-refractivity contribution in [1.29, 1.82) is 0 Å². The van der Waals surface area contributed by atoms with Crippen molar-refractivity contribution in [2.75, 3.05) is 11.9 Å². The van der Waals surface area contributed by atoms with Crippen LogP contribution in [0.25, 0.3) is 5.69 Å². The van der Waals surface area contributed by atoms with Crippen LogP contribution >= 0.6 is 11.3 Å². The Kier molecular flexibility index (Phi) is 5.13. The van der Waals surface area contributed by atoms with E-state index in [1.165, 1.54) is 22.3 Å². The number of aromatic nitrogens is 4. The Labute approximate surface area is 165 Å². The molecule has 0 radical (unpaired) electrons. The number of hydrogen-bond acceptors (Lipinski definition) is 7. The summed E-state index contributed by atoms with van der Waals surface area (Å²) in [5, 5.41) is 15.8. The Morgan fingerprint density at radius 2 is 2.21 bits per heavy atom. The monoisotopic (exact) mass is 397 g/mol. The van der Waals surface area contributed by atoms with Gasteiger partial charge in [0.2, 0.25) is 5.91 Å². The van der Waals surface area contributed by atoms with Gasteiger partial charge in [-0.05, 0) is 59.0 Å². The fourth-order valence-electron chi connectivity index (χ4n) is 3.43. The maximum absolute atomic E-state index is 12.7. The summed E-state index contributed by atoms with van der Waals surface area (Å²) in [6, 6.07) is 9.19. The van der Waals surface area contributed by atoms with Gasteiger partial charge in [-0.1, -0.05) is 12.1 Å². The molecule has 1 fully saturated rings. The van der Waals surface area contributed by atoms with Gasteiger partial charge in [-0.3, -0.25) is 14.5 Å². The molecule has 3 N–H and O–H groups in total. The number of rotatable bonds is 6. The van der Waals surface area contributed by atoms with Gasteiger partial charge in [-0.2, -0.15) is 4.68 Å². The molecule has 0 bridgehead atoms. The lowest BCUT2D eigenvalue weighted by molar-refractivity contribution is -0.122. The SMILES string of the molecule is NC(=O)C1CCCN1Cc1cccc(NC(=O)c2sccc2-n2cnnn2)c1. The van der Waals surface area contributed by atoms with Crippen LogP contribution in [0.3, 0.4) is 0 Å². The first-order valence-corrected chi connectivity index (χ1v) is 9.74. The van der Waals surface area contributed by atoms with E-state index in [0.717, 1.165) is 24.9 Å². The topological polar surface area (TPSA) is 119 Å². The molecule has 1 saturated heterocycles. The van der Waals surface area contributed by atoms with Crippen LogP contribution in [-0.4, -0.2) is 49.5 Å². The second kappa shape index (κ2) is 7.87. The maximum Gasteiger partial charge on any atom is 0.267 e. The van der Waals surface area contributed by atoms with E-state index in [1.807, 2.05) is 29.6 Å². The number of nitrogens with two attached hydrogens (primary N) is 1. The van der Waals surface area contributed by atoms with E-state index < -0.39 is 0 Å². The number of tetrazole rings is 1. The molecular formula is C18H19N7O2S. The van der Waals surface area contributed by atoms with Crippen LogP contribution in [0.2, 0.25) is 0 Å². The summed E-state index contributed by atoms with van der Waals surface area (Å²) in [4.78, 5) is 26.9. The third kappa shape index (κ3) is 3.78. The molecule has 9 nitrogen and oxygen atoms in total. The number of nitrogens with one attached hydrogen (secondary N) is 1. The Hall–Kier alpha value is -3.11. The van der Waals surface area contributed by atoms with Gasteiger partial charge in [0.25, 0.3) is 5.91 Å². The van der Waals surface area contributed by atoms with E-state index in [1.54, 1.807) is 6.07 Å². The van der Waals surface area contributed by atoms with Crippen molar-refractivity contribution in [3.8, 4) is 5.69 Å². The number of amides is 2. The molecule has 0 spiro atoms. The summed E-state index contributed by atoms with van der Waals surface area (Å²) in [6.45, 7) is 1.46. The fourth-order valence-corrected chi connectivity index (χ4v) is 4.21. The van der Waals surface area contributed by atoms with Crippen molar-refractivity contribution in [2.45, 2.75) is 25.4 Å². The second-order valence-electron chi connectivity index (χ2n) is 6.57. The average molecular weight is 397 g/mol. The van der Waals surface area contributed by atoms with Crippen LogP contribution in [0.1, 0.15) is 28.1 Å². The molecular weight excluding hydrogens is 378 g/mol. The lowest BCUT2D eigenvalue weighted by atomic mass is 10.1. The van der Waals surface area contributed by atoms with Gasteiger partial charge in [0.1, 0.15) is 11.2 Å². The van der Waals surface area contributed by atoms with E-state index in [-0.39, 0.29) is 17.9 Å². The van der Waals surface area contributed by atoms with E-state index in [9.17, 15) is 9.59 Å². The number of primary amides is 1. The van der Waals surface area contributed by atoms with Gasteiger partial charge < -0.3 is 11.1 Å². The molecule has 3 heterocycles. The molecule has 0 saturated carbocycles. The molecule has 1 aromatic carbocycles. The summed E-state index contributed by atoms with van der Waals surface area (Å²) in [6.07, 6.45) is 3.21. The minimum Gasteiger partial charge on any atom is -0.368 e. The first kappa shape index (κ1) is 18.3. The number of nitrogens with zero attached hydrogens (tertiary/aromatic N) is 5. The Morgan fingerprint density at radius 1 is 1.32 bits per heavy atom. The zero-order valence-corrected chi connectivity index (χ0v) is 15.8. The zero-order valence-electron chi connectivity index (χ0n) is 15.0. The molecule has 2 amide bonds. The average Bonchev–Trinajstić information content (AvgIpc) is 3.42. The molecule has 144 valence electrons. The van der Waals surface area contributed by atoms with Gasteiger partial charge >= 0.3 is 0 Å². The summed E-state index contributed by atoms with van der Waals surface area (Å²) in [7, 11) is 0. The minimum atomic E-state index is -0.283. The number of thiophene rings is 1. The summed E-state index contributed by atoms with van der Waals surface area (Å²) < 4.78 is 1.46. The third-order valence-electron chi connectivity index (χ3n) is 4.71. The van der Waals surface area contributed by atoms with Gasteiger partial charge in [-0.25, -0.2) is 0 Å². The Bertz CT molecular complexity index is 986. The third-order valence-corrected chi connectivity index (χ3v) is 5.61. The fraction of sp³-hybridized carbons (Fsp3) is 0.278. The summed E-state index contributed by atoms with van der Waals surface area (Å²) in [5.74, 6) is -0.511. The molecule has 1 aliphatic heterocycles. The van der Waals surface area contributed by atoms with Gasteiger partial charge in [0.05, 0.1) is 11.7 Å². The molecule has 4 rings (SSSR count).